The number of rotatable bonds is 7. The average Bonchev–Trinajstić information content (AvgIpc) is 2.37. The number of benzene rings is 1. The van der Waals surface area contributed by atoms with Crippen molar-refractivity contribution in [2.45, 2.75) is 19.1 Å². The van der Waals surface area contributed by atoms with E-state index < -0.39 is 43.0 Å². The highest BCUT2D eigenvalue weighted by molar-refractivity contribution is 5.91. The summed E-state index contributed by atoms with van der Waals surface area (Å²) in [5.41, 5.74) is 0.273. The lowest BCUT2D eigenvalue weighted by molar-refractivity contribution is -0.190. The molecule has 0 atom stereocenters. The smallest absolute Gasteiger partial charge is 0.320 e. The van der Waals surface area contributed by atoms with Crippen molar-refractivity contribution >= 4 is 23.9 Å². The molecule has 0 aliphatic rings. The predicted molar refractivity (Wildman–Crippen MR) is 65.9 cm³/mol. The summed E-state index contributed by atoms with van der Waals surface area (Å²) in [6.45, 7) is 0. The van der Waals surface area contributed by atoms with Crippen LogP contribution in [0, 0.1) is 0 Å². The van der Waals surface area contributed by atoms with Gasteiger partial charge in [0.25, 0.3) is 6.29 Å². The Hall–Kier alpha value is -2.90. The van der Waals surface area contributed by atoms with Crippen LogP contribution >= 0.6 is 0 Å². The summed E-state index contributed by atoms with van der Waals surface area (Å²) in [4.78, 5) is 43.5. The molecule has 21 heavy (non-hydrogen) atoms. The number of carboxylic acid groups (broad SMARTS) is 2. The van der Waals surface area contributed by atoms with Crippen LogP contribution in [0.25, 0.3) is 0 Å². The quantitative estimate of drug-likeness (QED) is 0.428. The predicted octanol–water partition coefficient (Wildman–Crippen LogP) is 0.721. The van der Waals surface area contributed by atoms with Crippen LogP contribution in [0.15, 0.2) is 30.3 Å². The Morgan fingerprint density at radius 2 is 1.29 bits per heavy atom. The van der Waals surface area contributed by atoms with Crippen LogP contribution < -0.4 is 0 Å². The number of hydrogen-bond acceptors (Lipinski definition) is 6. The summed E-state index contributed by atoms with van der Waals surface area (Å²) >= 11 is 0. The van der Waals surface area contributed by atoms with Gasteiger partial charge in [-0.05, 0) is 0 Å². The Bertz CT molecular complexity index is 506. The number of hydrogen-bond donors (Lipinski definition) is 2. The van der Waals surface area contributed by atoms with Crippen molar-refractivity contribution in [3.8, 4) is 0 Å². The molecule has 0 heterocycles. The molecule has 8 nitrogen and oxygen atoms in total. The van der Waals surface area contributed by atoms with E-state index in [1.807, 2.05) is 0 Å². The van der Waals surface area contributed by atoms with E-state index in [0.29, 0.717) is 0 Å². The van der Waals surface area contributed by atoms with Crippen LogP contribution in [-0.4, -0.2) is 34.1 Å². The van der Waals surface area contributed by atoms with E-state index >= 15 is 0 Å². The second-order valence-corrected chi connectivity index (χ2v) is 3.86. The first-order valence-electron chi connectivity index (χ1n) is 5.76. The van der Waals surface area contributed by atoms with Gasteiger partial charge in [0.2, 0.25) is 0 Å². The van der Waals surface area contributed by atoms with Gasteiger partial charge in [0, 0.05) is 5.56 Å². The van der Waals surface area contributed by atoms with Gasteiger partial charge in [-0.25, -0.2) is 0 Å². The van der Waals surface area contributed by atoms with E-state index in [4.69, 9.17) is 19.7 Å². The van der Waals surface area contributed by atoms with Crippen LogP contribution in [-0.2, 0) is 28.7 Å². The number of aliphatic carboxylic acids is 2. The second-order valence-electron chi connectivity index (χ2n) is 3.86. The summed E-state index contributed by atoms with van der Waals surface area (Å²) in [7, 11) is 0. The Morgan fingerprint density at radius 3 is 1.67 bits per heavy atom. The van der Waals surface area contributed by atoms with Gasteiger partial charge in [0.05, 0.1) is 0 Å². The Labute approximate surface area is 118 Å². The van der Waals surface area contributed by atoms with Crippen molar-refractivity contribution in [3.63, 3.8) is 0 Å². The number of esters is 2. The summed E-state index contributed by atoms with van der Waals surface area (Å²) in [6.07, 6.45) is -3.30. The number of carboxylic acids is 2. The molecule has 0 aliphatic carbocycles. The normalized spacial score (nSPS) is 9.95. The molecule has 0 bridgehead atoms. The monoisotopic (exact) mass is 296 g/mol. The lowest BCUT2D eigenvalue weighted by Gasteiger charge is -2.17. The van der Waals surface area contributed by atoms with E-state index in [9.17, 15) is 19.2 Å². The molecule has 0 radical (unpaired) electrons. The van der Waals surface area contributed by atoms with Gasteiger partial charge in [-0.3, -0.25) is 19.2 Å². The number of carbonyl (C=O) groups excluding carboxylic acids is 2. The third-order valence-corrected chi connectivity index (χ3v) is 2.14. The number of carbonyl (C=O) groups is 4. The Morgan fingerprint density at radius 1 is 0.857 bits per heavy atom. The zero-order chi connectivity index (χ0) is 15.8. The maximum atomic E-state index is 11.3. The van der Waals surface area contributed by atoms with E-state index in [-0.39, 0.29) is 5.56 Å². The topological polar surface area (TPSA) is 127 Å². The van der Waals surface area contributed by atoms with Crippen molar-refractivity contribution in [2.24, 2.45) is 0 Å². The molecule has 8 heteroatoms. The maximum absolute atomic E-state index is 11.3. The first-order chi connectivity index (χ1) is 9.88. The number of ether oxygens (including phenoxy) is 2. The van der Waals surface area contributed by atoms with E-state index in [2.05, 4.69) is 0 Å². The third-order valence-electron chi connectivity index (χ3n) is 2.14. The van der Waals surface area contributed by atoms with Crippen molar-refractivity contribution < 1.29 is 38.9 Å². The fourth-order valence-electron chi connectivity index (χ4n) is 1.34. The van der Waals surface area contributed by atoms with Crippen LogP contribution in [0.2, 0.25) is 0 Å². The molecule has 0 saturated carbocycles. The van der Waals surface area contributed by atoms with Gasteiger partial charge in [-0.1, -0.05) is 30.3 Å². The zero-order valence-corrected chi connectivity index (χ0v) is 10.7. The van der Waals surface area contributed by atoms with Crippen LogP contribution in [0.3, 0.4) is 0 Å². The van der Waals surface area contributed by atoms with Gasteiger partial charge < -0.3 is 19.7 Å². The highest BCUT2D eigenvalue weighted by Gasteiger charge is 2.23. The standard InChI is InChI=1S/C13H12O8/c14-9(15)6-11(18)20-13(8-4-2-1-3-5-8)21-12(19)7-10(16)17/h1-5,13H,6-7H2,(H,14,15)(H,16,17). The minimum Gasteiger partial charge on any atom is -0.481 e. The van der Waals surface area contributed by atoms with Crippen molar-refractivity contribution in [2.75, 3.05) is 0 Å². The molecular formula is C13H12O8. The maximum Gasteiger partial charge on any atom is 0.320 e. The molecule has 0 aliphatic heterocycles. The molecule has 0 amide bonds. The molecule has 112 valence electrons. The van der Waals surface area contributed by atoms with Gasteiger partial charge in [0.15, 0.2) is 0 Å². The van der Waals surface area contributed by atoms with Gasteiger partial charge in [0.1, 0.15) is 12.8 Å². The van der Waals surface area contributed by atoms with Crippen molar-refractivity contribution in [1.29, 1.82) is 0 Å². The first-order valence-corrected chi connectivity index (χ1v) is 5.76. The molecule has 0 saturated heterocycles. The second kappa shape index (κ2) is 7.63. The molecule has 0 spiro atoms. The highest BCUT2D eigenvalue weighted by atomic mass is 16.7. The van der Waals surface area contributed by atoms with Crippen LogP contribution in [0.1, 0.15) is 24.7 Å². The average molecular weight is 296 g/mol. The fourth-order valence-corrected chi connectivity index (χ4v) is 1.34. The van der Waals surface area contributed by atoms with E-state index in [1.54, 1.807) is 18.2 Å². The van der Waals surface area contributed by atoms with Crippen LogP contribution in [0.5, 0.6) is 0 Å². The van der Waals surface area contributed by atoms with Gasteiger partial charge >= 0.3 is 23.9 Å². The Kier molecular flexibility index (Phi) is 5.87. The first kappa shape index (κ1) is 16.2. The highest BCUT2D eigenvalue weighted by Crippen LogP contribution is 2.20. The summed E-state index contributed by atoms with van der Waals surface area (Å²) in [6, 6.07) is 7.79. The molecule has 0 unspecified atom stereocenters. The zero-order valence-electron chi connectivity index (χ0n) is 10.7. The molecule has 0 aromatic heterocycles. The third kappa shape index (κ3) is 6.19. The molecule has 1 aromatic carbocycles. The summed E-state index contributed by atoms with van der Waals surface area (Å²) < 4.78 is 9.49. The van der Waals surface area contributed by atoms with Crippen LogP contribution in [0.4, 0.5) is 0 Å². The van der Waals surface area contributed by atoms with E-state index in [1.165, 1.54) is 12.1 Å². The van der Waals surface area contributed by atoms with Gasteiger partial charge in [-0.15, -0.1) is 0 Å². The lowest BCUT2D eigenvalue weighted by atomic mass is 10.2. The lowest BCUT2D eigenvalue weighted by Crippen LogP contribution is -2.21. The largest absolute Gasteiger partial charge is 0.481 e. The Balaban J connectivity index is 2.80. The molecule has 2 N–H and O–H groups in total. The molecule has 0 fully saturated rings. The summed E-state index contributed by atoms with van der Waals surface area (Å²) in [5.74, 6) is -5.02. The van der Waals surface area contributed by atoms with E-state index in [0.717, 1.165) is 0 Å². The molecule has 1 rings (SSSR count). The minimum atomic E-state index is -1.50. The molecular weight excluding hydrogens is 284 g/mol. The molecule has 1 aromatic rings. The fraction of sp³-hybridized carbons (Fsp3) is 0.231. The summed E-state index contributed by atoms with van der Waals surface area (Å²) in [5, 5.41) is 17.0. The van der Waals surface area contributed by atoms with Gasteiger partial charge in [-0.2, -0.15) is 0 Å². The van der Waals surface area contributed by atoms with Crippen molar-refractivity contribution in [1.82, 2.24) is 0 Å². The SMILES string of the molecule is O=C(O)CC(=O)OC(OC(=O)CC(=O)O)c1ccccc1. The van der Waals surface area contributed by atoms with Crippen molar-refractivity contribution in [3.05, 3.63) is 35.9 Å². The minimum absolute atomic E-state index is 0.273.